The van der Waals surface area contributed by atoms with Crippen LogP contribution in [0.1, 0.15) is 19.8 Å². The number of anilines is 1. The maximum Gasteiger partial charge on any atom is 0.129 e. The fourth-order valence-electron chi connectivity index (χ4n) is 4.24. The molecule has 2 saturated heterocycles. The number of fused-ring (bicyclic) bond motifs is 1. The Kier molecular flexibility index (Phi) is 3.67. The normalized spacial score (nSPS) is 21.9. The predicted molar refractivity (Wildman–Crippen MR) is 111 cm³/mol. The van der Waals surface area contributed by atoms with E-state index in [2.05, 4.69) is 44.5 Å². The van der Waals surface area contributed by atoms with Crippen LogP contribution >= 0.6 is 0 Å². The van der Waals surface area contributed by atoms with Gasteiger partial charge < -0.3 is 19.7 Å². The molecule has 4 heterocycles. The molecule has 0 amide bonds. The lowest BCUT2D eigenvalue weighted by Crippen LogP contribution is -2.69. The Balaban J connectivity index is 1.33. The molecule has 0 unspecified atom stereocenters. The van der Waals surface area contributed by atoms with Gasteiger partial charge in [0.05, 0.1) is 18.7 Å². The fourth-order valence-corrected chi connectivity index (χ4v) is 4.24. The summed E-state index contributed by atoms with van der Waals surface area (Å²) in [5, 5.41) is 12.2. The van der Waals surface area contributed by atoms with Gasteiger partial charge in [-0.2, -0.15) is 5.10 Å². The highest BCUT2D eigenvalue weighted by atomic mass is 16.5. The van der Waals surface area contributed by atoms with E-state index < -0.39 is 0 Å². The number of morpholine rings is 1. The van der Waals surface area contributed by atoms with E-state index in [1.165, 1.54) is 0 Å². The van der Waals surface area contributed by atoms with Crippen LogP contribution in [0.4, 0.5) is 5.82 Å². The number of H-pyrrole nitrogens is 1. The van der Waals surface area contributed by atoms with Crippen molar-refractivity contribution in [3.63, 3.8) is 0 Å². The minimum absolute atomic E-state index is 0.00405. The summed E-state index contributed by atoms with van der Waals surface area (Å²) < 4.78 is 12.2. The number of rotatable bonds is 4. The van der Waals surface area contributed by atoms with E-state index >= 15 is 0 Å². The zero-order chi connectivity index (χ0) is 19.5. The van der Waals surface area contributed by atoms with Crippen LogP contribution in [0, 0.1) is 0 Å². The molecule has 0 atom stereocenters. The Morgan fingerprint density at radius 3 is 2.86 bits per heavy atom. The molecule has 1 aliphatic carbocycles. The first-order valence-corrected chi connectivity index (χ1v) is 10.3. The first-order valence-electron chi connectivity index (χ1n) is 10.3. The summed E-state index contributed by atoms with van der Waals surface area (Å²) in [4.78, 5) is 6.96. The second-order valence-electron chi connectivity index (χ2n) is 8.79. The van der Waals surface area contributed by atoms with Crippen LogP contribution in [-0.2, 0) is 4.74 Å². The largest absolute Gasteiger partial charge is 0.488 e. The molecule has 1 spiro atoms. The van der Waals surface area contributed by atoms with Gasteiger partial charge in [-0.3, -0.25) is 5.10 Å². The van der Waals surface area contributed by atoms with E-state index in [-0.39, 0.29) is 11.2 Å². The number of nitrogens with zero attached hydrogens (tertiary/aromatic N) is 3. The van der Waals surface area contributed by atoms with Gasteiger partial charge in [0.25, 0.3) is 0 Å². The topological polar surface area (TPSA) is 75.3 Å². The third-order valence-corrected chi connectivity index (χ3v) is 6.34. The first-order chi connectivity index (χ1) is 14.1. The maximum atomic E-state index is 6.16. The first kappa shape index (κ1) is 17.2. The molecule has 2 aliphatic heterocycles. The van der Waals surface area contributed by atoms with E-state index in [0.29, 0.717) is 0 Å². The fraction of sp³-hybridized carbons (Fsp3) is 0.455. The van der Waals surface area contributed by atoms with Gasteiger partial charge in [0.15, 0.2) is 0 Å². The highest BCUT2D eigenvalue weighted by Crippen LogP contribution is 2.40. The van der Waals surface area contributed by atoms with Gasteiger partial charge in [0.1, 0.15) is 28.5 Å². The summed E-state index contributed by atoms with van der Waals surface area (Å²) >= 11 is 0. The van der Waals surface area contributed by atoms with E-state index in [9.17, 15) is 0 Å². The number of nitrogens with one attached hydrogen (secondary N) is 2. The summed E-state index contributed by atoms with van der Waals surface area (Å²) in [6, 6.07) is 10.3. The quantitative estimate of drug-likeness (QED) is 0.712. The molecule has 3 fully saturated rings. The van der Waals surface area contributed by atoms with Crippen LogP contribution in [0.5, 0.6) is 5.75 Å². The average Bonchev–Trinajstić information content (AvgIpc) is 3.29. The van der Waals surface area contributed by atoms with Crippen LogP contribution in [0.2, 0.25) is 0 Å². The van der Waals surface area contributed by atoms with Crippen molar-refractivity contribution in [3.8, 4) is 17.0 Å². The predicted octanol–water partition coefficient (Wildman–Crippen LogP) is 2.73. The Morgan fingerprint density at radius 1 is 1.17 bits per heavy atom. The molecule has 2 aromatic heterocycles. The summed E-state index contributed by atoms with van der Waals surface area (Å²) in [6.45, 7) is 6.45. The van der Waals surface area contributed by atoms with Crippen LogP contribution < -0.4 is 15.0 Å². The second kappa shape index (κ2) is 6.18. The zero-order valence-electron chi connectivity index (χ0n) is 16.6. The molecule has 29 heavy (non-hydrogen) atoms. The molecule has 0 radical (unpaired) electrons. The number of hydrogen-bond acceptors (Lipinski definition) is 6. The number of pyridine rings is 1. The van der Waals surface area contributed by atoms with Gasteiger partial charge in [-0.25, -0.2) is 4.98 Å². The number of aromatic nitrogens is 3. The van der Waals surface area contributed by atoms with E-state index in [4.69, 9.17) is 9.47 Å². The molecule has 150 valence electrons. The third kappa shape index (κ3) is 3.05. The summed E-state index contributed by atoms with van der Waals surface area (Å²) in [7, 11) is 0. The Labute approximate surface area is 169 Å². The Hall–Kier alpha value is -2.64. The SMILES string of the molecule is CC1(Oc2ccc3[nH]nc(-c4ccnc(N5CCOC6(CNC6)C5)c4)c3c2)CC1. The molecule has 1 aromatic carbocycles. The lowest BCUT2D eigenvalue weighted by molar-refractivity contribution is -0.0883. The Bertz CT molecular complexity index is 1070. The van der Waals surface area contributed by atoms with Crippen molar-refractivity contribution in [2.45, 2.75) is 31.0 Å². The maximum absolute atomic E-state index is 6.16. The van der Waals surface area contributed by atoms with Gasteiger partial charge in [0, 0.05) is 36.8 Å². The molecular weight excluding hydrogens is 366 g/mol. The van der Waals surface area contributed by atoms with Gasteiger partial charge in [-0.1, -0.05) is 0 Å². The molecule has 3 aromatic rings. The molecule has 6 rings (SSSR count). The molecule has 1 saturated carbocycles. The van der Waals surface area contributed by atoms with Crippen molar-refractivity contribution < 1.29 is 9.47 Å². The minimum Gasteiger partial charge on any atom is -0.488 e. The summed E-state index contributed by atoms with van der Waals surface area (Å²) in [5.74, 6) is 1.88. The van der Waals surface area contributed by atoms with Crippen LogP contribution in [0.15, 0.2) is 36.5 Å². The lowest BCUT2D eigenvalue weighted by atomic mass is 9.94. The average molecular weight is 391 g/mol. The molecule has 7 nitrogen and oxygen atoms in total. The van der Waals surface area contributed by atoms with Crippen LogP contribution in [0.3, 0.4) is 0 Å². The molecule has 7 heteroatoms. The summed E-state index contributed by atoms with van der Waals surface area (Å²) in [6.07, 6.45) is 4.11. The number of benzene rings is 1. The molecular formula is C22H25N5O2. The second-order valence-corrected chi connectivity index (χ2v) is 8.79. The van der Waals surface area contributed by atoms with Crippen LogP contribution in [-0.4, -0.2) is 59.2 Å². The van der Waals surface area contributed by atoms with Crippen molar-refractivity contribution in [1.29, 1.82) is 0 Å². The smallest absolute Gasteiger partial charge is 0.129 e. The van der Waals surface area contributed by atoms with E-state index in [0.717, 1.165) is 79.4 Å². The Morgan fingerprint density at radius 2 is 2.07 bits per heavy atom. The van der Waals surface area contributed by atoms with Crippen LogP contribution in [0.25, 0.3) is 22.2 Å². The van der Waals surface area contributed by atoms with Gasteiger partial charge in [-0.15, -0.1) is 0 Å². The number of aromatic amines is 1. The highest BCUT2D eigenvalue weighted by Gasteiger charge is 2.42. The molecule has 0 bridgehead atoms. The van der Waals surface area contributed by atoms with Crippen molar-refractivity contribution in [2.75, 3.05) is 37.7 Å². The van der Waals surface area contributed by atoms with Crippen molar-refractivity contribution in [3.05, 3.63) is 36.5 Å². The number of ether oxygens (including phenoxy) is 2. The molecule has 2 N–H and O–H groups in total. The monoisotopic (exact) mass is 391 g/mol. The van der Waals surface area contributed by atoms with Gasteiger partial charge in [0.2, 0.25) is 0 Å². The highest BCUT2D eigenvalue weighted by molar-refractivity contribution is 5.94. The van der Waals surface area contributed by atoms with E-state index in [1.807, 2.05) is 24.4 Å². The van der Waals surface area contributed by atoms with Crippen molar-refractivity contribution >= 4 is 16.7 Å². The standard InChI is InChI=1S/C22H25N5O2/c1-21(5-6-21)29-16-2-3-18-17(11-16)20(26-25-18)15-4-7-24-19(10-15)27-8-9-28-22(14-27)12-23-13-22/h2-4,7,10-11,23H,5-6,8-9,12-14H2,1H3,(H,25,26). The van der Waals surface area contributed by atoms with Crippen molar-refractivity contribution in [1.82, 2.24) is 20.5 Å². The zero-order valence-corrected chi connectivity index (χ0v) is 16.6. The van der Waals surface area contributed by atoms with E-state index in [1.54, 1.807) is 0 Å². The van der Waals surface area contributed by atoms with Gasteiger partial charge in [-0.05, 0) is 50.1 Å². The van der Waals surface area contributed by atoms with Gasteiger partial charge >= 0.3 is 0 Å². The third-order valence-electron chi connectivity index (χ3n) is 6.34. The number of hydrogen-bond donors (Lipinski definition) is 2. The minimum atomic E-state index is -0.0554. The molecule has 3 aliphatic rings. The summed E-state index contributed by atoms with van der Waals surface area (Å²) in [5.41, 5.74) is 2.95. The van der Waals surface area contributed by atoms with Crippen molar-refractivity contribution in [2.24, 2.45) is 0 Å². The lowest BCUT2D eigenvalue weighted by Gasteiger charge is -2.49.